The van der Waals surface area contributed by atoms with Crippen LogP contribution in [0.4, 0.5) is 5.69 Å². The summed E-state index contributed by atoms with van der Waals surface area (Å²) in [4.78, 5) is 40.2. The predicted octanol–water partition coefficient (Wildman–Crippen LogP) is 4.61. The number of hydrogen-bond acceptors (Lipinski definition) is 4. The molecular weight excluding hydrogens is 390 g/mol. The minimum Gasteiger partial charge on any atom is -0.422 e. The Hall–Kier alpha value is -4.25. The topological polar surface area (TPSA) is 67.6 Å². The Bertz CT molecular complexity index is 1420. The minimum atomic E-state index is -0.722. The average molecular weight is 407 g/mol. The first kappa shape index (κ1) is 18.8. The molecule has 5 rings (SSSR count). The number of carbonyl (C=O) groups is 2. The van der Waals surface area contributed by atoms with Gasteiger partial charge in [-0.3, -0.25) is 9.59 Å². The summed E-state index contributed by atoms with van der Waals surface area (Å²) in [5, 5.41) is 0.646. The van der Waals surface area contributed by atoms with Crippen LogP contribution in [0.25, 0.3) is 16.5 Å². The molecule has 0 fully saturated rings. The third-order valence-corrected chi connectivity index (χ3v) is 5.33. The van der Waals surface area contributed by atoms with Crippen LogP contribution < -0.4 is 10.5 Å². The van der Waals surface area contributed by atoms with Crippen LogP contribution in [-0.4, -0.2) is 11.7 Å². The number of benzene rings is 3. The van der Waals surface area contributed by atoms with E-state index < -0.39 is 11.4 Å². The van der Waals surface area contributed by atoms with E-state index in [-0.39, 0.29) is 17.0 Å². The van der Waals surface area contributed by atoms with Crippen molar-refractivity contribution in [1.82, 2.24) is 0 Å². The highest BCUT2D eigenvalue weighted by atomic mass is 16.4. The van der Waals surface area contributed by atoms with Gasteiger partial charge < -0.3 is 9.32 Å². The number of carbonyl (C=O) groups excluding carboxylic acids is 2. The molecule has 0 N–H and O–H groups in total. The molecule has 0 saturated heterocycles. The summed E-state index contributed by atoms with van der Waals surface area (Å²) in [7, 11) is 0. The van der Waals surface area contributed by atoms with Crippen LogP contribution in [0.3, 0.4) is 0 Å². The van der Waals surface area contributed by atoms with E-state index in [9.17, 15) is 14.4 Å². The second-order valence-corrected chi connectivity index (χ2v) is 7.30. The lowest BCUT2D eigenvalue weighted by Gasteiger charge is -2.17. The lowest BCUT2D eigenvalue weighted by molar-refractivity contribution is -0.113. The lowest BCUT2D eigenvalue weighted by Crippen LogP contribution is -2.26. The molecule has 3 aromatic carbocycles. The summed E-state index contributed by atoms with van der Waals surface area (Å²) in [6, 6.07) is 25.5. The molecular formula is C26H17NO4. The third kappa shape index (κ3) is 3.36. The van der Waals surface area contributed by atoms with E-state index >= 15 is 0 Å². The fourth-order valence-electron chi connectivity index (χ4n) is 3.81. The number of fused-ring (bicyclic) bond motifs is 2. The van der Waals surface area contributed by atoms with Gasteiger partial charge in [-0.2, -0.15) is 0 Å². The standard InChI is InChI=1S/C26H17NO4/c28-23(21-14-18-10-4-7-13-24(18)31-26(21)30)15-20-19-11-5-6-12-22(19)27(25(20)29)16-17-8-2-1-3-9-17/h1-15H,16H2/b20-15-. The molecule has 1 amide bonds. The number of nitrogens with zero attached hydrogens (tertiary/aromatic N) is 1. The fraction of sp³-hybridized carbons (Fsp3) is 0.0385. The zero-order valence-corrected chi connectivity index (χ0v) is 16.4. The van der Waals surface area contributed by atoms with Gasteiger partial charge in [-0.25, -0.2) is 4.79 Å². The summed E-state index contributed by atoms with van der Waals surface area (Å²) < 4.78 is 5.27. The maximum Gasteiger partial charge on any atom is 0.347 e. The first-order chi connectivity index (χ1) is 15.1. The van der Waals surface area contributed by atoms with Crippen LogP contribution in [0, 0.1) is 0 Å². The molecule has 0 radical (unpaired) electrons. The van der Waals surface area contributed by atoms with Crippen LogP contribution >= 0.6 is 0 Å². The molecule has 0 saturated carbocycles. The van der Waals surface area contributed by atoms with Gasteiger partial charge in [0.05, 0.1) is 17.8 Å². The van der Waals surface area contributed by atoms with Gasteiger partial charge in [-0.05, 0) is 29.8 Å². The Kier molecular flexibility index (Phi) is 4.56. The summed E-state index contributed by atoms with van der Waals surface area (Å²) in [5.74, 6) is -0.831. The molecule has 4 aromatic rings. The van der Waals surface area contributed by atoms with Gasteiger partial charge in [0.2, 0.25) is 0 Å². The zero-order chi connectivity index (χ0) is 21.4. The number of rotatable bonds is 4. The molecule has 0 unspecified atom stereocenters. The van der Waals surface area contributed by atoms with Gasteiger partial charge in [0, 0.05) is 10.9 Å². The van der Waals surface area contributed by atoms with Crippen molar-refractivity contribution < 1.29 is 14.0 Å². The quantitative estimate of drug-likeness (QED) is 0.282. The summed E-state index contributed by atoms with van der Waals surface area (Å²) in [6.07, 6.45) is 1.24. The Morgan fingerprint density at radius 3 is 2.42 bits per heavy atom. The molecule has 1 aliphatic rings. The van der Waals surface area contributed by atoms with E-state index in [1.165, 1.54) is 12.1 Å². The van der Waals surface area contributed by atoms with E-state index in [4.69, 9.17) is 4.42 Å². The van der Waals surface area contributed by atoms with Gasteiger partial charge in [0.25, 0.3) is 5.91 Å². The molecule has 5 nitrogen and oxygen atoms in total. The summed E-state index contributed by atoms with van der Waals surface area (Å²) in [6.45, 7) is 0.389. The monoisotopic (exact) mass is 407 g/mol. The highest BCUT2D eigenvalue weighted by Crippen LogP contribution is 2.37. The smallest absolute Gasteiger partial charge is 0.347 e. The first-order valence-electron chi connectivity index (χ1n) is 9.86. The molecule has 0 aliphatic carbocycles. The molecule has 1 aromatic heterocycles. The van der Waals surface area contributed by atoms with Gasteiger partial charge in [0.1, 0.15) is 11.1 Å². The normalized spacial score (nSPS) is 14.3. The summed E-state index contributed by atoms with van der Waals surface area (Å²) in [5.41, 5.74) is 2.24. The van der Waals surface area contributed by atoms with Gasteiger partial charge in [-0.1, -0.05) is 66.7 Å². The molecule has 2 heterocycles. The van der Waals surface area contributed by atoms with Crippen LogP contribution in [0.5, 0.6) is 0 Å². The highest BCUT2D eigenvalue weighted by molar-refractivity contribution is 6.35. The molecule has 0 bridgehead atoms. The summed E-state index contributed by atoms with van der Waals surface area (Å²) >= 11 is 0. The molecule has 0 spiro atoms. The van der Waals surface area contributed by atoms with Crippen LogP contribution in [0.1, 0.15) is 21.5 Å². The second kappa shape index (κ2) is 7.54. The van der Waals surface area contributed by atoms with E-state index in [0.29, 0.717) is 23.1 Å². The molecule has 5 heteroatoms. The molecule has 1 aliphatic heterocycles. The number of anilines is 1. The first-order valence-corrected chi connectivity index (χ1v) is 9.86. The van der Waals surface area contributed by atoms with Gasteiger partial charge in [0.15, 0.2) is 5.78 Å². The van der Waals surface area contributed by atoms with Crippen LogP contribution in [0.15, 0.2) is 100 Å². The fourth-order valence-corrected chi connectivity index (χ4v) is 3.81. The number of para-hydroxylation sites is 2. The maximum absolute atomic E-state index is 13.2. The second-order valence-electron chi connectivity index (χ2n) is 7.30. The largest absolute Gasteiger partial charge is 0.422 e. The van der Waals surface area contributed by atoms with Crippen LogP contribution in [0.2, 0.25) is 0 Å². The van der Waals surface area contributed by atoms with Crippen molar-refractivity contribution in [2.75, 3.05) is 4.90 Å². The highest BCUT2D eigenvalue weighted by Gasteiger charge is 2.33. The number of amides is 1. The van der Waals surface area contributed by atoms with E-state index in [0.717, 1.165) is 11.3 Å². The van der Waals surface area contributed by atoms with Crippen molar-refractivity contribution in [3.8, 4) is 0 Å². The van der Waals surface area contributed by atoms with Crippen molar-refractivity contribution in [2.45, 2.75) is 6.54 Å². The van der Waals surface area contributed by atoms with E-state index in [2.05, 4.69) is 0 Å². The minimum absolute atomic E-state index is 0.0991. The predicted molar refractivity (Wildman–Crippen MR) is 119 cm³/mol. The van der Waals surface area contributed by atoms with Crippen molar-refractivity contribution in [3.05, 3.63) is 118 Å². The Morgan fingerprint density at radius 1 is 0.871 bits per heavy atom. The third-order valence-electron chi connectivity index (χ3n) is 5.33. The zero-order valence-electron chi connectivity index (χ0n) is 16.4. The Balaban J connectivity index is 1.55. The lowest BCUT2D eigenvalue weighted by atomic mass is 10.0. The Morgan fingerprint density at radius 2 is 1.58 bits per heavy atom. The maximum atomic E-state index is 13.2. The van der Waals surface area contributed by atoms with Crippen LogP contribution in [-0.2, 0) is 11.3 Å². The van der Waals surface area contributed by atoms with Gasteiger partial charge in [-0.15, -0.1) is 0 Å². The van der Waals surface area contributed by atoms with E-state index in [1.807, 2.05) is 48.5 Å². The van der Waals surface area contributed by atoms with Crippen molar-refractivity contribution in [1.29, 1.82) is 0 Å². The average Bonchev–Trinajstić information content (AvgIpc) is 3.05. The van der Waals surface area contributed by atoms with Crippen molar-refractivity contribution >= 4 is 33.9 Å². The van der Waals surface area contributed by atoms with Crippen molar-refractivity contribution in [2.24, 2.45) is 0 Å². The number of hydrogen-bond donors (Lipinski definition) is 0. The Labute approximate surface area is 177 Å². The molecule has 0 atom stereocenters. The molecule has 31 heavy (non-hydrogen) atoms. The van der Waals surface area contributed by atoms with Crippen molar-refractivity contribution in [3.63, 3.8) is 0 Å². The number of allylic oxidation sites excluding steroid dienone is 1. The SMILES string of the molecule is O=C(/C=C1\C(=O)N(Cc2ccccc2)c2ccccc21)c1cc2ccccc2oc1=O. The number of ketones is 1. The molecule has 150 valence electrons. The van der Waals surface area contributed by atoms with E-state index in [1.54, 1.807) is 35.2 Å². The van der Waals surface area contributed by atoms with Gasteiger partial charge >= 0.3 is 5.63 Å².